The average Bonchev–Trinajstić information content (AvgIpc) is 2.81. The number of anilines is 1. The molecule has 198 valence electrons. The summed E-state index contributed by atoms with van der Waals surface area (Å²) in [6.07, 6.45) is 1.69. The summed E-state index contributed by atoms with van der Waals surface area (Å²) < 4.78 is 31.4. The van der Waals surface area contributed by atoms with Crippen LogP contribution in [0, 0.1) is 0 Å². The summed E-state index contributed by atoms with van der Waals surface area (Å²) in [5.41, 5.74) is 0.808. The van der Waals surface area contributed by atoms with Gasteiger partial charge in [0.1, 0.15) is 18.3 Å². The van der Waals surface area contributed by atoms with Gasteiger partial charge in [0.15, 0.2) is 0 Å². The van der Waals surface area contributed by atoms with Crippen LogP contribution in [0.25, 0.3) is 0 Å². The third kappa shape index (κ3) is 7.90. The van der Waals surface area contributed by atoms with Crippen molar-refractivity contribution in [2.24, 2.45) is 0 Å². The number of ether oxygens (including phenoxy) is 1. The number of carbonyl (C=O) groups is 2. The zero-order valence-electron chi connectivity index (χ0n) is 20.7. The summed E-state index contributed by atoms with van der Waals surface area (Å²) in [7, 11) is -2.45. The molecule has 2 rings (SSSR count). The first-order chi connectivity index (χ1) is 16.8. The number of methoxy groups -OCH3 is 1. The van der Waals surface area contributed by atoms with Gasteiger partial charge >= 0.3 is 0 Å². The van der Waals surface area contributed by atoms with Crippen molar-refractivity contribution in [1.29, 1.82) is 0 Å². The van der Waals surface area contributed by atoms with Gasteiger partial charge in [-0.1, -0.05) is 47.8 Å². The number of nitrogens with zero attached hydrogens (tertiary/aromatic N) is 2. The van der Waals surface area contributed by atoms with Gasteiger partial charge in [-0.2, -0.15) is 0 Å². The number of amides is 2. The Labute approximate surface area is 227 Å². The molecular formula is C24H30Cl3N3O5S. The molecule has 2 atom stereocenters. The first-order valence-corrected chi connectivity index (χ1v) is 14.1. The lowest BCUT2D eigenvalue weighted by atomic mass is 10.1. The van der Waals surface area contributed by atoms with Crippen LogP contribution in [-0.4, -0.2) is 57.1 Å². The van der Waals surface area contributed by atoms with Gasteiger partial charge in [-0.25, -0.2) is 8.42 Å². The minimum Gasteiger partial charge on any atom is -0.495 e. The van der Waals surface area contributed by atoms with E-state index in [9.17, 15) is 18.0 Å². The van der Waals surface area contributed by atoms with Gasteiger partial charge in [0.05, 0.1) is 34.1 Å². The molecule has 0 aliphatic heterocycles. The van der Waals surface area contributed by atoms with Crippen molar-refractivity contribution >= 4 is 62.3 Å². The van der Waals surface area contributed by atoms with Crippen LogP contribution < -0.4 is 14.4 Å². The number of hydrogen-bond acceptors (Lipinski definition) is 5. The topological polar surface area (TPSA) is 96.0 Å². The Bertz CT molecular complexity index is 1210. The fourth-order valence-corrected chi connectivity index (χ4v) is 4.72. The van der Waals surface area contributed by atoms with Crippen molar-refractivity contribution in [1.82, 2.24) is 10.2 Å². The van der Waals surface area contributed by atoms with E-state index in [1.807, 2.05) is 13.8 Å². The number of carbonyl (C=O) groups excluding carboxylic acids is 2. The van der Waals surface area contributed by atoms with Crippen molar-refractivity contribution < 1.29 is 22.7 Å². The van der Waals surface area contributed by atoms with Crippen LogP contribution in [0.4, 0.5) is 5.69 Å². The average molecular weight is 579 g/mol. The van der Waals surface area contributed by atoms with E-state index in [1.54, 1.807) is 25.1 Å². The number of halogens is 3. The zero-order valence-corrected chi connectivity index (χ0v) is 23.8. The predicted molar refractivity (Wildman–Crippen MR) is 145 cm³/mol. The van der Waals surface area contributed by atoms with Crippen molar-refractivity contribution in [2.45, 2.75) is 45.8 Å². The Morgan fingerprint density at radius 3 is 2.22 bits per heavy atom. The molecule has 0 aliphatic rings. The minimum atomic E-state index is -3.89. The molecular weight excluding hydrogens is 549 g/mol. The molecule has 0 unspecified atom stereocenters. The summed E-state index contributed by atoms with van der Waals surface area (Å²) in [6.45, 7) is 4.82. The summed E-state index contributed by atoms with van der Waals surface area (Å²) in [5.74, 6) is -0.599. The highest BCUT2D eigenvalue weighted by molar-refractivity contribution is 7.92. The molecule has 0 spiro atoms. The maximum atomic E-state index is 13.6. The van der Waals surface area contributed by atoms with Crippen LogP contribution in [0.5, 0.6) is 5.75 Å². The second-order valence-corrected chi connectivity index (χ2v) is 11.5. The third-order valence-electron chi connectivity index (χ3n) is 5.61. The monoisotopic (exact) mass is 577 g/mol. The molecule has 0 radical (unpaired) electrons. The number of sulfonamides is 1. The van der Waals surface area contributed by atoms with Crippen LogP contribution in [0.3, 0.4) is 0 Å². The standard InChI is InChI=1S/C24H30Cl3N3O5S/c1-6-15(2)28-24(32)16(3)29(13-17-7-9-19(25)20(26)11-17)23(31)14-30(36(5,33)34)18-8-10-22(35-4)21(27)12-18/h7-12,15-16H,6,13-14H2,1-5H3,(H,28,32)/t15-,16+/m1/s1. The molecule has 0 aromatic heterocycles. The van der Waals surface area contributed by atoms with Gasteiger partial charge in [0.2, 0.25) is 21.8 Å². The van der Waals surface area contributed by atoms with Crippen LogP contribution in [-0.2, 0) is 26.2 Å². The minimum absolute atomic E-state index is 0.00574. The normalized spacial score (nSPS) is 13.0. The number of nitrogens with one attached hydrogen (secondary N) is 1. The van der Waals surface area contributed by atoms with Crippen molar-refractivity contribution in [2.75, 3.05) is 24.2 Å². The Hall–Kier alpha value is -2.20. The number of hydrogen-bond donors (Lipinski definition) is 1. The highest BCUT2D eigenvalue weighted by Gasteiger charge is 2.30. The van der Waals surface area contributed by atoms with Gasteiger partial charge in [0.25, 0.3) is 0 Å². The van der Waals surface area contributed by atoms with Gasteiger partial charge in [-0.05, 0) is 56.2 Å². The molecule has 8 nitrogen and oxygen atoms in total. The molecule has 2 aromatic carbocycles. The Kier molecular flexibility index (Phi) is 10.7. The second kappa shape index (κ2) is 12.9. The number of rotatable bonds is 11. The van der Waals surface area contributed by atoms with Gasteiger partial charge in [-0.3, -0.25) is 13.9 Å². The van der Waals surface area contributed by atoms with Crippen LogP contribution in [0.2, 0.25) is 15.1 Å². The number of benzene rings is 2. The molecule has 0 fully saturated rings. The maximum Gasteiger partial charge on any atom is 0.244 e. The Morgan fingerprint density at radius 2 is 1.69 bits per heavy atom. The molecule has 0 saturated carbocycles. The van der Waals surface area contributed by atoms with Crippen molar-refractivity contribution in [3.8, 4) is 5.75 Å². The van der Waals surface area contributed by atoms with E-state index in [4.69, 9.17) is 39.5 Å². The highest BCUT2D eigenvalue weighted by atomic mass is 35.5. The summed E-state index contributed by atoms with van der Waals surface area (Å²) in [4.78, 5) is 27.8. The fourth-order valence-electron chi connectivity index (χ4n) is 3.31. The molecule has 36 heavy (non-hydrogen) atoms. The molecule has 2 aromatic rings. The van der Waals surface area contributed by atoms with E-state index < -0.39 is 28.5 Å². The van der Waals surface area contributed by atoms with Crippen LogP contribution in [0.1, 0.15) is 32.8 Å². The van der Waals surface area contributed by atoms with E-state index in [0.717, 1.165) is 10.6 Å². The Morgan fingerprint density at radius 1 is 1.03 bits per heavy atom. The zero-order chi connectivity index (χ0) is 27.2. The third-order valence-corrected chi connectivity index (χ3v) is 7.78. The largest absolute Gasteiger partial charge is 0.495 e. The SMILES string of the molecule is CC[C@@H](C)NC(=O)[C@H](C)N(Cc1ccc(Cl)c(Cl)c1)C(=O)CN(c1ccc(OC)c(Cl)c1)S(C)(=O)=O. The van der Waals surface area contributed by atoms with Gasteiger partial charge in [0, 0.05) is 12.6 Å². The van der Waals surface area contributed by atoms with Gasteiger partial charge < -0.3 is 15.0 Å². The summed E-state index contributed by atoms with van der Waals surface area (Å²) in [6, 6.07) is 8.27. The molecule has 0 bridgehead atoms. The summed E-state index contributed by atoms with van der Waals surface area (Å²) in [5, 5.41) is 3.69. The van der Waals surface area contributed by atoms with E-state index >= 15 is 0 Å². The van der Waals surface area contributed by atoms with Crippen LogP contribution >= 0.6 is 34.8 Å². The molecule has 12 heteroatoms. The predicted octanol–water partition coefficient (Wildman–Crippen LogP) is 4.75. The van der Waals surface area contributed by atoms with Crippen LogP contribution in [0.15, 0.2) is 36.4 Å². The quantitative estimate of drug-likeness (QED) is 0.415. The summed E-state index contributed by atoms with van der Waals surface area (Å²) >= 11 is 18.4. The van der Waals surface area contributed by atoms with Crippen molar-refractivity contribution in [3.05, 3.63) is 57.0 Å². The van der Waals surface area contributed by atoms with E-state index in [0.29, 0.717) is 27.8 Å². The Balaban J connectivity index is 2.44. The lowest BCUT2D eigenvalue weighted by Gasteiger charge is -2.32. The first-order valence-electron chi connectivity index (χ1n) is 11.1. The van der Waals surface area contributed by atoms with Gasteiger partial charge in [-0.15, -0.1) is 0 Å². The lowest BCUT2D eigenvalue weighted by Crippen LogP contribution is -2.52. The van der Waals surface area contributed by atoms with Crippen molar-refractivity contribution in [3.63, 3.8) is 0 Å². The first kappa shape index (κ1) is 30.0. The molecule has 1 N–H and O–H groups in total. The molecule has 2 amide bonds. The molecule has 0 heterocycles. The fraction of sp³-hybridized carbons (Fsp3) is 0.417. The molecule has 0 saturated heterocycles. The van der Waals surface area contributed by atoms with E-state index in [1.165, 1.54) is 30.2 Å². The van der Waals surface area contributed by atoms with E-state index in [-0.39, 0.29) is 29.2 Å². The molecule has 0 aliphatic carbocycles. The lowest BCUT2D eigenvalue weighted by molar-refractivity contribution is -0.139. The highest BCUT2D eigenvalue weighted by Crippen LogP contribution is 2.30. The second-order valence-electron chi connectivity index (χ2n) is 8.35. The van der Waals surface area contributed by atoms with E-state index in [2.05, 4.69) is 5.32 Å². The maximum absolute atomic E-state index is 13.6. The smallest absolute Gasteiger partial charge is 0.244 e.